The van der Waals surface area contributed by atoms with Gasteiger partial charge >= 0.3 is 0 Å². The molecule has 0 aliphatic carbocycles. The van der Waals surface area contributed by atoms with Crippen molar-refractivity contribution in [3.63, 3.8) is 0 Å². The van der Waals surface area contributed by atoms with Crippen LogP contribution in [0.4, 0.5) is 15.8 Å². The highest BCUT2D eigenvalue weighted by Gasteiger charge is 2.10. The van der Waals surface area contributed by atoms with Gasteiger partial charge in [0.25, 0.3) is 0 Å². The number of nitrogens with one attached hydrogen (secondary N) is 1. The summed E-state index contributed by atoms with van der Waals surface area (Å²) in [6, 6.07) is 13.8. The number of pyridine rings is 2. The van der Waals surface area contributed by atoms with Gasteiger partial charge in [-0.2, -0.15) is 0 Å². The van der Waals surface area contributed by atoms with E-state index in [4.69, 9.17) is 11.6 Å². The van der Waals surface area contributed by atoms with Gasteiger partial charge in [-0.3, -0.25) is 9.97 Å². The van der Waals surface area contributed by atoms with Crippen LogP contribution >= 0.6 is 11.6 Å². The molecule has 0 fully saturated rings. The number of aromatic nitrogens is 2. The second-order valence-electron chi connectivity index (χ2n) is 7.00. The molecule has 4 rings (SSSR count). The Bertz CT molecular complexity index is 1360. The van der Waals surface area contributed by atoms with E-state index in [9.17, 15) is 12.8 Å². The Hall–Kier alpha value is -3.03. The fourth-order valence-electron chi connectivity index (χ4n) is 3.19. The maximum absolute atomic E-state index is 13.5. The van der Waals surface area contributed by atoms with Crippen LogP contribution in [-0.2, 0) is 15.6 Å². The number of halogens is 2. The Morgan fingerprint density at radius 1 is 1.03 bits per heavy atom. The van der Waals surface area contributed by atoms with E-state index in [1.807, 2.05) is 30.3 Å². The SMILES string of the molecule is CS(=O)(=O)Cc1cncc(-c2ccc3nccc(Nc4ccc(F)c(Cl)c4)c3c2)c1. The fraction of sp³-hybridized carbons (Fsp3) is 0.0909. The molecule has 1 N–H and O–H groups in total. The van der Waals surface area contributed by atoms with Crippen molar-refractivity contribution in [3.05, 3.63) is 83.5 Å². The second kappa shape index (κ2) is 8.01. The topological polar surface area (TPSA) is 72.0 Å². The minimum Gasteiger partial charge on any atom is -0.355 e. The van der Waals surface area contributed by atoms with E-state index in [1.54, 1.807) is 24.7 Å². The summed E-state index contributed by atoms with van der Waals surface area (Å²) in [7, 11) is -3.16. The molecule has 2 heterocycles. The Balaban J connectivity index is 1.74. The second-order valence-corrected chi connectivity index (χ2v) is 9.54. The summed E-state index contributed by atoms with van der Waals surface area (Å²) >= 11 is 5.89. The number of hydrogen-bond donors (Lipinski definition) is 1. The molecule has 0 unspecified atom stereocenters. The molecule has 0 atom stereocenters. The summed E-state index contributed by atoms with van der Waals surface area (Å²) in [5.41, 5.74) is 4.51. The molecule has 4 aromatic rings. The summed E-state index contributed by atoms with van der Waals surface area (Å²) in [4.78, 5) is 8.58. The van der Waals surface area contributed by atoms with Gasteiger partial charge in [0.1, 0.15) is 5.82 Å². The molecular formula is C22H17ClFN3O2S. The molecule has 2 aromatic heterocycles. The molecule has 0 bridgehead atoms. The van der Waals surface area contributed by atoms with Crippen molar-refractivity contribution in [1.29, 1.82) is 0 Å². The third kappa shape index (κ3) is 4.58. The van der Waals surface area contributed by atoms with Crippen molar-refractivity contribution in [3.8, 4) is 11.1 Å². The minimum atomic E-state index is -3.16. The lowest BCUT2D eigenvalue weighted by molar-refractivity contribution is 0.601. The molecule has 0 amide bonds. The zero-order chi connectivity index (χ0) is 21.3. The Kier molecular flexibility index (Phi) is 5.40. The van der Waals surface area contributed by atoms with Crippen LogP contribution in [0.15, 0.2) is 67.1 Å². The maximum Gasteiger partial charge on any atom is 0.151 e. The normalized spacial score (nSPS) is 11.6. The summed E-state index contributed by atoms with van der Waals surface area (Å²) in [5, 5.41) is 4.14. The molecule has 8 heteroatoms. The van der Waals surface area contributed by atoms with Gasteiger partial charge in [-0.05, 0) is 53.6 Å². The van der Waals surface area contributed by atoms with E-state index in [-0.39, 0.29) is 10.8 Å². The number of hydrogen-bond acceptors (Lipinski definition) is 5. The van der Waals surface area contributed by atoms with Crippen LogP contribution in [0.2, 0.25) is 5.02 Å². The van der Waals surface area contributed by atoms with Crippen molar-refractivity contribution in [2.45, 2.75) is 5.75 Å². The molecule has 30 heavy (non-hydrogen) atoms. The highest BCUT2D eigenvalue weighted by atomic mass is 35.5. The molecule has 0 radical (unpaired) electrons. The largest absolute Gasteiger partial charge is 0.355 e. The molecule has 0 aliphatic rings. The van der Waals surface area contributed by atoms with Crippen LogP contribution in [-0.4, -0.2) is 24.6 Å². The van der Waals surface area contributed by atoms with Crippen LogP contribution in [0.25, 0.3) is 22.0 Å². The number of nitrogens with zero attached hydrogens (tertiary/aromatic N) is 2. The van der Waals surface area contributed by atoms with Crippen LogP contribution in [0.3, 0.4) is 0 Å². The monoisotopic (exact) mass is 441 g/mol. The lowest BCUT2D eigenvalue weighted by Gasteiger charge is -2.12. The Labute approximate surface area is 178 Å². The van der Waals surface area contributed by atoms with Crippen LogP contribution in [0, 0.1) is 5.82 Å². The van der Waals surface area contributed by atoms with E-state index < -0.39 is 15.7 Å². The standard InChI is InChI=1S/C22H17ClFN3O2S/c1-30(28,29)13-14-8-16(12-25-11-14)15-2-5-21-18(9-15)22(6-7-26-21)27-17-3-4-20(24)19(23)10-17/h2-12H,13H2,1H3,(H,26,27). The number of rotatable bonds is 5. The highest BCUT2D eigenvalue weighted by molar-refractivity contribution is 7.89. The molecular weight excluding hydrogens is 425 g/mol. The molecule has 0 aliphatic heterocycles. The van der Waals surface area contributed by atoms with Crippen molar-refractivity contribution in [1.82, 2.24) is 9.97 Å². The van der Waals surface area contributed by atoms with Gasteiger partial charge in [-0.15, -0.1) is 0 Å². The van der Waals surface area contributed by atoms with Gasteiger partial charge in [-0.25, -0.2) is 12.8 Å². The van der Waals surface area contributed by atoms with Crippen molar-refractivity contribution in [2.75, 3.05) is 11.6 Å². The zero-order valence-electron chi connectivity index (χ0n) is 15.9. The van der Waals surface area contributed by atoms with Gasteiger partial charge in [0.05, 0.1) is 16.3 Å². The lowest BCUT2D eigenvalue weighted by Crippen LogP contribution is -2.01. The van der Waals surface area contributed by atoms with E-state index in [1.165, 1.54) is 18.4 Å². The van der Waals surface area contributed by atoms with Crippen LogP contribution in [0.1, 0.15) is 5.56 Å². The smallest absolute Gasteiger partial charge is 0.151 e. The third-order valence-corrected chi connectivity index (χ3v) is 5.64. The Morgan fingerprint density at radius 2 is 1.87 bits per heavy atom. The average Bonchev–Trinajstić information content (AvgIpc) is 2.70. The first-order valence-electron chi connectivity index (χ1n) is 9.01. The third-order valence-electron chi connectivity index (χ3n) is 4.50. The molecule has 2 aromatic carbocycles. The fourth-order valence-corrected chi connectivity index (χ4v) is 4.14. The molecule has 0 spiro atoms. The van der Waals surface area contributed by atoms with Crippen molar-refractivity contribution < 1.29 is 12.8 Å². The van der Waals surface area contributed by atoms with E-state index in [0.29, 0.717) is 11.3 Å². The molecule has 0 saturated carbocycles. The highest BCUT2D eigenvalue weighted by Crippen LogP contribution is 2.31. The quantitative estimate of drug-likeness (QED) is 0.450. The first-order valence-corrected chi connectivity index (χ1v) is 11.5. The predicted molar refractivity (Wildman–Crippen MR) is 118 cm³/mol. The number of fused-ring (bicyclic) bond motifs is 1. The van der Waals surface area contributed by atoms with Gasteiger partial charge < -0.3 is 5.32 Å². The van der Waals surface area contributed by atoms with Gasteiger partial charge in [0, 0.05) is 47.2 Å². The van der Waals surface area contributed by atoms with Crippen molar-refractivity contribution in [2.24, 2.45) is 0 Å². The summed E-state index contributed by atoms with van der Waals surface area (Å²) < 4.78 is 36.7. The van der Waals surface area contributed by atoms with E-state index in [2.05, 4.69) is 15.3 Å². The molecule has 152 valence electrons. The Morgan fingerprint density at radius 3 is 2.63 bits per heavy atom. The summed E-state index contributed by atoms with van der Waals surface area (Å²) in [5.74, 6) is -0.549. The van der Waals surface area contributed by atoms with Crippen LogP contribution < -0.4 is 5.32 Å². The van der Waals surface area contributed by atoms with E-state index in [0.717, 1.165) is 27.7 Å². The number of sulfone groups is 1. The summed E-state index contributed by atoms with van der Waals surface area (Å²) in [6.45, 7) is 0. The van der Waals surface area contributed by atoms with Gasteiger partial charge in [0.15, 0.2) is 9.84 Å². The molecule has 5 nitrogen and oxygen atoms in total. The average molecular weight is 442 g/mol. The van der Waals surface area contributed by atoms with Crippen LogP contribution in [0.5, 0.6) is 0 Å². The lowest BCUT2D eigenvalue weighted by atomic mass is 10.0. The minimum absolute atomic E-state index is 0.0350. The summed E-state index contributed by atoms with van der Waals surface area (Å²) in [6.07, 6.45) is 6.12. The van der Waals surface area contributed by atoms with Crippen molar-refractivity contribution >= 4 is 43.7 Å². The molecule has 0 saturated heterocycles. The number of anilines is 2. The van der Waals surface area contributed by atoms with Gasteiger partial charge in [-0.1, -0.05) is 17.7 Å². The first-order chi connectivity index (χ1) is 14.3. The van der Waals surface area contributed by atoms with Gasteiger partial charge in [0.2, 0.25) is 0 Å². The predicted octanol–water partition coefficient (Wildman–Crippen LogP) is 5.38. The zero-order valence-corrected chi connectivity index (χ0v) is 17.5. The number of benzene rings is 2. The van der Waals surface area contributed by atoms with E-state index >= 15 is 0 Å². The first kappa shape index (κ1) is 20.3. The maximum atomic E-state index is 13.5.